The maximum atomic E-state index is 11.6. The molecule has 0 bridgehead atoms. The van der Waals surface area contributed by atoms with E-state index < -0.39 is 0 Å². The molecular formula is C10H20N2O. The summed E-state index contributed by atoms with van der Waals surface area (Å²) in [6, 6.07) is 0.387. The van der Waals surface area contributed by atoms with Crippen LogP contribution in [0.5, 0.6) is 0 Å². The Morgan fingerprint density at radius 1 is 1.62 bits per heavy atom. The quantitative estimate of drug-likeness (QED) is 0.714. The number of carbonyl (C=O) groups is 1. The Labute approximate surface area is 80.5 Å². The second-order valence-electron chi connectivity index (χ2n) is 4.08. The smallest absolute Gasteiger partial charge is 0.238 e. The zero-order valence-electron chi connectivity index (χ0n) is 9.00. The molecule has 0 aromatic heterocycles. The van der Waals surface area contributed by atoms with E-state index in [1.54, 1.807) is 0 Å². The number of nitrogens with zero attached hydrogens (tertiary/aromatic N) is 1. The van der Waals surface area contributed by atoms with Gasteiger partial charge in [-0.05, 0) is 19.3 Å². The lowest BCUT2D eigenvalue weighted by molar-refractivity contribution is -0.131. The van der Waals surface area contributed by atoms with Crippen LogP contribution in [0, 0.1) is 5.92 Å². The van der Waals surface area contributed by atoms with Crippen molar-refractivity contribution in [1.29, 1.82) is 0 Å². The lowest BCUT2D eigenvalue weighted by Crippen LogP contribution is -2.45. The second kappa shape index (κ2) is 4.09. The molecule has 0 aromatic carbocycles. The molecule has 1 rings (SSSR count). The molecule has 2 unspecified atom stereocenters. The van der Waals surface area contributed by atoms with Crippen LogP contribution in [0.15, 0.2) is 0 Å². The van der Waals surface area contributed by atoms with Gasteiger partial charge in [0, 0.05) is 6.04 Å². The largest absolute Gasteiger partial charge is 0.323 e. The standard InChI is InChI=1S/C10H20N2O/c1-5-9(7(2)3)12-8(4)11-6-10(12)13/h7-9,11H,5-6H2,1-4H3. The SMILES string of the molecule is CCC(C(C)C)N1C(=O)CNC1C. The van der Waals surface area contributed by atoms with Crippen LogP contribution >= 0.6 is 0 Å². The van der Waals surface area contributed by atoms with E-state index in [4.69, 9.17) is 0 Å². The Morgan fingerprint density at radius 3 is 2.54 bits per heavy atom. The molecule has 1 saturated heterocycles. The first-order chi connectivity index (χ1) is 6.07. The lowest BCUT2D eigenvalue weighted by atomic mass is 10.00. The van der Waals surface area contributed by atoms with Gasteiger partial charge in [-0.25, -0.2) is 0 Å². The van der Waals surface area contributed by atoms with Gasteiger partial charge in [0.2, 0.25) is 5.91 Å². The fourth-order valence-electron chi connectivity index (χ4n) is 2.10. The second-order valence-corrected chi connectivity index (χ2v) is 4.08. The van der Waals surface area contributed by atoms with Crippen LogP contribution < -0.4 is 5.32 Å². The monoisotopic (exact) mass is 184 g/mol. The minimum absolute atomic E-state index is 0.208. The summed E-state index contributed by atoms with van der Waals surface area (Å²) in [7, 11) is 0. The van der Waals surface area contributed by atoms with E-state index in [1.807, 2.05) is 4.90 Å². The summed E-state index contributed by atoms with van der Waals surface area (Å²) in [5, 5.41) is 3.17. The van der Waals surface area contributed by atoms with Crippen molar-refractivity contribution in [2.75, 3.05) is 6.54 Å². The highest BCUT2D eigenvalue weighted by molar-refractivity contribution is 5.80. The molecule has 0 radical (unpaired) electrons. The van der Waals surface area contributed by atoms with Crippen LogP contribution in [0.1, 0.15) is 34.1 Å². The molecule has 76 valence electrons. The Kier molecular flexibility index (Phi) is 3.31. The van der Waals surface area contributed by atoms with Gasteiger partial charge in [-0.1, -0.05) is 20.8 Å². The zero-order valence-corrected chi connectivity index (χ0v) is 9.00. The first kappa shape index (κ1) is 10.5. The summed E-state index contributed by atoms with van der Waals surface area (Å²) in [6.07, 6.45) is 1.25. The summed E-state index contributed by atoms with van der Waals surface area (Å²) in [5.74, 6) is 0.782. The predicted octanol–water partition coefficient (Wildman–Crippen LogP) is 1.20. The molecule has 1 aliphatic rings. The molecule has 1 N–H and O–H groups in total. The Balaban J connectivity index is 2.71. The van der Waals surface area contributed by atoms with Gasteiger partial charge in [0.05, 0.1) is 12.7 Å². The van der Waals surface area contributed by atoms with Crippen LogP contribution in [-0.4, -0.2) is 29.6 Å². The van der Waals surface area contributed by atoms with Crippen molar-refractivity contribution >= 4 is 5.91 Å². The minimum Gasteiger partial charge on any atom is -0.323 e. The Hall–Kier alpha value is -0.570. The average Bonchev–Trinajstić information content (AvgIpc) is 2.36. The highest BCUT2D eigenvalue weighted by Gasteiger charge is 2.33. The van der Waals surface area contributed by atoms with Crippen LogP contribution in [0.3, 0.4) is 0 Å². The van der Waals surface area contributed by atoms with E-state index in [2.05, 4.69) is 33.0 Å². The van der Waals surface area contributed by atoms with E-state index in [0.29, 0.717) is 18.5 Å². The number of hydrogen-bond donors (Lipinski definition) is 1. The summed E-state index contributed by atoms with van der Waals surface area (Å²) in [6.45, 7) is 9.04. The maximum Gasteiger partial charge on any atom is 0.238 e. The molecule has 1 heterocycles. The van der Waals surface area contributed by atoms with E-state index >= 15 is 0 Å². The normalized spacial score (nSPS) is 25.8. The molecule has 1 fully saturated rings. The maximum absolute atomic E-state index is 11.6. The fraction of sp³-hybridized carbons (Fsp3) is 0.900. The van der Waals surface area contributed by atoms with Gasteiger partial charge in [-0.3, -0.25) is 10.1 Å². The molecule has 13 heavy (non-hydrogen) atoms. The van der Waals surface area contributed by atoms with Crippen LogP contribution in [0.4, 0.5) is 0 Å². The highest BCUT2D eigenvalue weighted by Crippen LogP contribution is 2.19. The van der Waals surface area contributed by atoms with Gasteiger partial charge in [0.1, 0.15) is 0 Å². The summed E-state index contributed by atoms with van der Waals surface area (Å²) in [5.41, 5.74) is 0. The number of rotatable bonds is 3. The molecule has 0 aliphatic carbocycles. The van der Waals surface area contributed by atoms with Crippen molar-refractivity contribution < 1.29 is 4.79 Å². The van der Waals surface area contributed by atoms with E-state index in [9.17, 15) is 4.79 Å². The molecule has 3 heteroatoms. The minimum atomic E-state index is 0.208. The van der Waals surface area contributed by atoms with Gasteiger partial charge in [-0.2, -0.15) is 0 Å². The van der Waals surface area contributed by atoms with E-state index in [1.165, 1.54) is 0 Å². The van der Waals surface area contributed by atoms with Crippen molar-refractivity contribution in [3.8, 4) is 0 Å². The molecule has 1 amide bonds. The third-order valence-electron chi connectivity index (χ3n) is 2.80. The molecule has 0 aromatic rings. The van der Waals surface area contributed by atoms with Gasteiger partial charge in [0.25, 0.3) is 0 Å². The first-order valence-electron chi connectivity index (χ1n) is 5.12. The van der Waals surface area contributed by atoms with Crippen LogP contribution in [-0.2, 0) is 4.79 Å². The number of amides is 1. The van der Waals surface area contributed by atoms with Crippen LogP contribution in [0.2, 0.25) is 0 Å². The molecule has 0 spiro atoms. The topological polar surface area (TPSA) is 32.3 Å². The highest BCUT2D eigenvalue weighted by atomic mass is 16.2. The molecule has 2 atom stereocenters. The fourth-order valence-corrected chi connectivity index (χ4v) is 2.10. The van der Waals surface area contributed by atoms with Crippen molar-refractivity contribution in [2.24, 2.45) is 5.92 Å². The van der Waals surface area contributed by atoms with Crippen molar-refractivity contribution in [3.63, 3.8) is 0 Å². The van der Waals surface area contributed by atoms with Crippen LogP contribution in [0.25, 0.3) is 0 Å². The Bertz CT molecular complexity index is 191. The van der Waals surface area contributed by atoms with E-state index in [0.717, 1.165) is 6.42 Å². The summed E-state index contributed by atoms with van der Waals surface area (Å²) < 4.78 is 0. The van der Waals surface area contributed by atoms with Gasteiger partial charge in [-0.15, -0.1) is 0 Å². The predicted molar refractivity (Wildman–Crippen MR) is 53.2 cm³/mol. The number of hydrogen-bond acceptors (Lipinski definition) is 2. The van der Waals surface area contributed by atoms with Crippen molar-refractivity contribution in [2.45, 2.75) is 46.3 Å². The third kappa shape index (κ3) is 2.02. The van der Waals surface area contributed by atoms with E-state index in [-0.39, 0.29) is 12.1 Å². The van der Waals surface area contributed by atoms with Gasteiger partial charge in [0.15, 0.2) is 0 Å². The van der Waals surface area contributed by atoms with Gasteiger partial charge < -0.3 is 4.90 Å². The zero-order chi connectivity index (χ0) is 10.0. The molecule has 1 aliphatic heterocycles. The Morgan fingerprint density at radius 2 is 2.23 bits per heavy atom. The summed E-state index contributed by atoms with van der Waals surface area (Å²) in [4.78, 5) is 13.5. The van der Waals surface area contributed by atoms with Crippen molar-refractivity contribution in [1.82, 2.24) is 10.2 Å². The number of nitrogens with one attached hydrogen (secondary N) is 1. The molecule has 3 nitrogen and oxygen atoms in total. The van der Waals surface area contributed by atoms with Gasteiger partial charge >= 0.3 is 0 Å². The lowest BCUT2D eigenvalue weighted by Gasteiger charge is -2.33. The van der Waals surface area contributed by atoms with Crippen molar-refractivity contribution in [3.05, 3.63) is 0 Å². The average molecular weight is 184 g/mol. The molecular weight excluding hydrogens is 164 g/mol. The third-order valence-corrected chi connectivity index (χ3v) is 2.80. The number of carbonyl (C=O) groups excluding carboxylic acids is 1. The summed E-state index contributed by atoms with van der Waals surface area (Å²) >= 11 is 0. The molecule has 0 saturated carbocycles. The first-order valence-corrected chi connectivity index (χ1v) is 5.12.